The molecule has 178 valence electrons. The van der Waals surface area contributed by atoms with Crippen LogP contribution in [0.4, 0.5) is 18.0 Å². The van der Waals surface area contributed by atoms with Gasteiger partial charge in [-0.2, -0.15) is 13.2 Å². The van der Waals surface area contributed by atoms with E-state index >= 15 is 0 Å². The molecule has 8 nitrogen and oxygen atoms in total. The Morgan fingerprint density at radius 2 is 1.81 bits per heavy atom. The summed E-state index contributed by atoms with van der Waals surface area (Å²) in [6, 6.07) is 2.20. The SMILES string of the molecule is CCOC(=O)c1ccc(CN2CCN(C(=O)OC(C)(C)C)C(C(N)=O)C2)c(C(F)(F)F)c1. The van der Waals surface area contributed by atoms with Crippen molar-refractivity contribution in [1.82, 2.24) is 9.80 Å². The third kappa shape index (κ3) is 6.59. The Balaban J connectivity index is 2.23. The summed E-state index contributed by atoms with van der Waals surface area (Å²) < 4.78 is 51.0. The lowest BCUT2D eigenvalue weighted by Crippen LogP contribution is -2.60. The van der Waals surface area contributed by atoms with E-state index in [1.807, 2.05) is 0 Å². The first-order valence-corrected chi connectivity index (χ1v) is 10.1. The summed E-state index contributed by atoms with van der Waals surface area (Å²) in [6.45, 7) is 6.71. The van der Waals surface area contributed by atoms with E-state index in [4.69, 9.17) is 15.2 Å². The van der Waals surface area contributed by atoms with E-state index in [9.17, 15) is 27.6 Å². The van der Waals surface area contributed by atoms with E-state index in [2.05, 4.69) is 0 Å². The molecule has 32 heavy (non-hydrogen) atoms. The van der Waals surface area contributed by atoms with Crippen molar-refractivity contribution >= 4 is 18.0 Å². The van der Waals surface area contributed by atoms with Gasteiger partial charge in [0.2, 0.25) is 5.91 Å². The third-order valence-corrected chi connectivity index (χ3v) is 4.74. The maximum atomic E-state index is 13.6. The summed E-state index contributed by atoms with van der Waals surface area (Å²) in [7, 11) is 0. The average molecular weight is 459 g/mol. The van der Waals surface area contributed by atoms with Crippen LogP contribution in [0.3, 0.4) is 0 Å². The Morgan fingerprint density at radius 3 is 2.34 bits per heavy atom. The van der Waals surface area contributed by atoms with Crippen molar-refractivity contribution in [3.8, 4) is 0 Å². The number of nitrogens with zero attached hydrogens (tertiary/aromatic N) is 2. The predicted octanol–water partition coefficient (Wildman–Crippen LogP) is 2.79. The summed E-state index contributed by atoms with van der Waals surface area (Å²) in [4.78, 5) is 39.0. The zero-order chi connectivity index (χ0) is 24.3. The lowest BCUT2D eigenvalue weighted by Gasteiger charge is -2.40. The molecule has 0 spiro atoms. The monoisotopic (exact) mass is 459 g/mol. The lowest BCUT2D eigenvalue weighted by atomic mass is 10.0. The van der Waals surface area contributed by atoms with E-state index in [-0.39, 0.29) is 43.9 Å². The molecule has 2 amide bonds. The number of rotatable bonds is 5. The lowest BCUT2D eigenvalue weighted by molar-refractivity contribution is -0.138. The van der Waals surface area contributed by atoms with E-state index < -0.39 is 41.4 Å². The molecule has 1 atom stereocenters. The Bertz CT molecular complexity index is 867. The maximum Gasteiger partial charge on any atom is 0.416 e. The molecule has 0 aromatic heterocycles. The maximum absolute atomic E-state index is 13.6. The van der Waals surface area contributed by atoms with Crippen molar-refractivity contribution in [2.45, 2.75) is 52.1 Å². The molecule has 1 aliphatic heterocycles. The molecular formula is C21H28F3N3O5. The number of hydrogen-bond acceptors (Lipinski definition) is 6. The number of halogens is 3. The average Bonchev–Trinajstić information content (AvgIpc) is 2.66. The standard InChI is InChI=1S/C21H28F3N3O5/c1-5-31-18(29)13-6-7-14(15(10-13)21(22,23)24)11-26-8-9-27(16(12-26)17(25)28)19(30)32-20(2,3)4/h6-7,10,16H,5,8-9,11-12H2,1-4H3,(H2,25,28). The van der Waals surface area contributed by atoms with Gasteiger partial charge in [-0.15, -0.1) is 0 Å². The molecule has 2 N–H and O–H groups in total. The fourth-order valence-corrected chi connectivity index (χ4v) is 3.33. The minimum absolute atomic E-state index is 0.0400. The van der Waals surface area contributed by atoms with Gasteiger partial charge in [-0.25, -0.2) is 9.59 Å². The number of carbonyl (C=O) groups is 3. The highest BCUT2D eigenvalue weighted by molar-refractivity contribution is 5.89. The number of nitrogens with two attached hydrogens (primary N) is 1. The number of hydrogen-bond donors (Lipinski definition) is 1. The smallest absolute Gasteiger partial charge is 0.416 e. The van der Waals surface area contributed by atoms with Gasteiger partial charge in [0.1, 0.15) is 11.6 Å². The summed E-state index contributed by atoms with van der Waals surface area (Å²) in [5, 5.41) is 0. The fourth-order valence-electron chi connectivity index (χ4n) is 3.33. The number of benzene rings is 1. The van der Waals surface area contributed by atoms with Gasteiger partial charge >= 0.3 is 18.2 Å². The van der Waals surface area contributed by atoms with Gasteiger partial charge in [0, 0.05) is 26.2 Å². The van der Waals surface area contributed by atoms with Crippen LogP contribution >= 0.6 is 0 Å². The van der Waals surface area contributed by atoms with Crippen molar-refractivity contribution in [3.63, 3.8) is 0 Å². The minimum atomic E-state index is -4.70. The van der Waals surface area contributed by atoms with Crippen molar-refractivity contribution in [3.05, 3.63) is 34.9 Å². The molecule has 0 radical (unpaired) electrons. The molecule has 1 aromatic rings. The van der Waals surface area contributed by atoms with Gasteiger partial charge in [-0.05, 0) is 45.4 Å². The van der Waals surface area contributed by atoms with E-state index in [1.165, 1.54) is 17.0 Å². The largest absolute Gasteiger partial charge is 0.462 e. The van der Waals surface area contributed by atoms with Crippen LogP contribution in [0.25, 0.3) is 0 Å². The molecule has 1 saturated heterocycles. The third-order valence-electron chi connectivity index (χ3n) is 4.74. The Hall–Kier alpha value is -2.82. The zero-order valence-corrected chi connectivity index (χ0v) is 18.5. The highest BCUT2D eigenvalue weighted by Crippen LogP contribution is 2.34. The normalized spacial score (nSPS) is 17.7. The highest BCUT2D eigenvalue weighted by atomic mass is 19.4. The molecule has 1 aliphatic rings. The second kappa shape index (κ2) is 9.76. The van der Waals surface area contributed by atoms with Gasteiger partial charge in [0.25, 0.3) is 0 Å². The molecular weight excluding hydrogens is 431 g/mol. The minimum Gasteiger partial charge on any atom is -0.462 e. The topological polar surface area (TPSA) is 102 Å². The molecule has 0 bridgehead atoms. The summed E-state index contributed by atoms with van der Waals surface area (Å²) >= 11 is 0. The van der Waals surface area contributed by atoms with Crippen LogP contribution in [0.5, 0.6) is 0 Å². The summed E-state index contributed by atoms with van der Waals surface area (Å²) in [6.07, 6.45) is -5.41. The quantitative estimate of drug-likeness (QED) is 0.680. The Kier molecular flexibility index (Phi) is 7.76. The van der Waals surface area contributed by atoms with Crippen LogP contribution < -0.4 is 5.73 Å². The zero-order valence-electron chi connectivity index (χ0n) is 18.5. The van der Waals surface area contributed by atoms with Crippen LogP contribution in [-0.2, 0) is 27.0 Å². The second-order valence-corrected chi connectivity index (χ2v) is 8.42. The summed E-state index contributed by atoms with van der Waals surface area (Å²) in [5.74, 6) is -1.63. The van der Waals surface area contributed by atoms with Gasteiger partial charge in [0.15, 0.2) is 0 Å². The molecule has 1 unspecified atom stereocenters. The first-order valence-electron chi connectivity index (χ1n) is 10.1. The number of carbonyl (C=O) groups excluding carboxylic acids is 3. The number of esters is 1. The predicted molar refractivity (Wildman–Crippen MR) is 109 cm³/mol. The number of piperazine rings is 1. The number of primary amides is 1. The second-order valence-electron chi connectivity index (χ2n) is 8.42. The number of ether oxygens (including phenoxy) is 2. The Morgan fingerprint density at radius 1 is 1.16 bits per heavy atom. The molecule has 1 heterocycles. The number of amides is 2. The van der Waals surface area contributed by atoms with Gasteiger partial charge in [-0.1, -0.05) is 6.07 Å². The van der Waals surface area contributed by atoms with Crippen LogP contribution in [0, 0.1) is 0 Å². The van der Waals surface area contributed by atoms with Crippen LogP contribution in [0.2, 0.25) is 0 Å². The highest BCUT2D eigenvalue weighted by Gasteiger charge is 2.38. The molecule has 0 saturated carbocycles. The first kappa shape index (κ1) is 25.4. The summed E-state index contributed by atoms with van der Waals surface area (Å²) in [5.41, 5.74) is 3.43. The van der Waals surface area contributed by atoms with E-state index in [1.54, 1.807) is 32.6 Å². The van der Waals surface area contributed by atoms with Crippen molar-refractivity contribution < 1.29 is 37.0 Å². The first-order chi connectivity index (χ1) is 14.7. The van der Waals surface area contributed by atoms with Crippen molar-refractivity contribution in [2.24, 2.45) is 5.73 Å². The van der Waals surface area contributed by atoms with Gasteiger partial charge < -0.3 is 15.2 Å². The van der Waals surface area contributed by atoms with E-state index in [0.717, 1.165) is 6.07 Å². The van der Waals surface area contributed by atoms with Crippen LogP contribution in [0.1, 0.15) is 49.2 Å². The van der Waals surface area contributed by atoms with Crippen LogP contribution in [-0.4, -0.2) is 65.7 Å². The van der Waals surface area contributed by atoms with Crippen molar-refractivity contribution in [2.75, 3.05) is 26.2 Å². The van der Waals surface area contributed by atoms with Gasteiger partial charge in [-0.3, -0.25) is 14.6 Å². The molecule has 11 heteroatoms. The van der Waals surface area contributed by atoms with Crippen molar-refractivity contribution in [1.29, 1.82) is 0 Å². The molecule has 2 rings (SSSR count). The molecule has 1 fully saturated rings. The van der Waals surface area contributed by atoms with Gasteiger partial charge in [0.05, 0.1) is 17.7 Å². The molecule has 0 aliphatic carbocycles. The fraction of sp³-hybridized carbons (Fsp3) is 0.571. The number of alkyl halides is 3. The molecule has 1 aromatic carbocycles. The van der Waals surface area contributed by atoms with Crippen LogP contribution in [0.15, 0.2) is 18.2 Å². The Labute approximate surface area is 184 Å². The van der Waals surface area contributed by atoms with E-state index in [0.29, 0.717) is 0 Å².